The van der Waals surface area contributed by atoms with E-state index in [1.54, 1.807) is 0 Å². The normalized spacial score (nSPS) is 13.1. The summed E-state index contributed by atoms with van der Waals surface area (Å²) in [4.78, 5) is 0. The van der Waals surface area contributed by atoms with E-state index in [0.717, 1.165) is 19.7 Å². The summed E-state index contributed by atoms with van der Waals surface area (Å²) < 4.78 is 11.0. The Hall–Kier alpha value is -0.120. The van der Waals surface area contributed by atoms with Gasteiger partial charge in [-0.1, -0.05) is 20.8 Å². The van der Waals surface area contributed by atoms with Crippen LogP contribution in [0.15, 0.2) is 0 Å². The molecule has 0 saturated carbocycles. The van der Waals surface area contributed by atoms with Gasteiger partial charge < -0.3 is 14.8 Å². The summed E-state index contributed by atoms with van der Waals surface area (Å²) in [6.07, 6.45) is 1.19. The van der Waals surface area contributed by atoms with E-state index in [4.69, 9.17) is 9.47 Å². The molecule has 3 nitrogen and oxygen atoms in total. The lowest BCUT2D eigenvalue weighted by Crippen LogP contribution is -2.26. The molecule has 0 aromatic rings. The first kappa shape index (κ1) is 16.9. The zero-order chi connectivity index (χ0) is 13.4. The van der Waals surface area contributed by atoms with Crippen molar-refractivity contribution in [2.45, 2.75) is 53.6 Å². The van der Waals surface area contributed by atoms with Crippen LogP contribution in [0, 0.1) is 5.41 Å². The van der Waals surface area contributed by atoms with Crippen molar-refractivity contribution < 1.29 is 9.47 Å². The van der Waals surface area contributed by atoms with E-state index in [0.29, 0.717) is 18.6 Å². The van der Waals surface area contributed by atoms with Crippen molar-refractivity contribution in [2.24, 2.45) is 5.41 Å². The maximum atomic E-state index is 5.56. The predicted octanol–water partition coefficient (Wildman–Crippen LogP) is 2.84. The Balaban J connectivity index is 3.15. The van der Waals surface area contributed by atoms with Gasteiger partial charge >= 0.3 is 0 Å². The molecule has 0 aliphatic carbocycles. The van der Waals surface area contributed by atoms with E-state index in [9.17, 15) is 0 Å². The molecule has 0 rings (SSSR count). The quantitative estimate of drug-likeness (QED) is 0.667. The zero-order valence-electron chi connectivity index (χ0n) is 12.6. The minimum atomic E-state index is -0.0612. The van der Waals surface area contributed by atoms with Crippen molar-refractivity contribution in [2.75, 3.05) is 32.9 Å². The topological polar surface area (TPSA) is 30.5 Å². The van der Waals surface area contributed by atoms with E-state index >= 15 is 0 Å². The van der Waals surface area contributed by atoms with Crippen molar-refractivity contribution in [3.05, 3.63) is 0 Å². The maximum absolute atomic E-state index is 5.56. The Bertz CT molecular complexity index is 160. The first-order valence-corrected chi connectivity index (χ1v) is 6.63. The molecule has 0 heterocycles. The van der Waals surface area contributed by atoms with E-state index in [1.165, 1.54) is 6.42 Å². The summed E-state index contributed by atoms with van der Waals surface area (Å²) >= 11 is 0. The van der Waals surface area contributed by atoms with Crippen LogP contribution in [0.3, 0.4) is 0 Å². The minimum absolute atomic E-state index is 0.0612. The number of hydrogen-bond acceptors (Lipinski definition) is 3. The summed E-state index contributed by atoms with van der Waals surface area (Å²) in [6, 6.07) is 0. The third-order valence-electron chi connectivity index (χ3n) is 2.24. The van der Waals surface area contributed by atoms with Gasteiger partial charge in [-0.2, -0.15) is 0 Å². The Labute approximate surface area is 107 Å². The van der Waals surface area contributed by atoms with E-state index in [1.807, 2.05) is 0 Å². The van der Waals surface area contributed by atoms with Gasteiger partial charge in [0.1, 0.15) is 0 Å². The second-order valence-corrected chi connectivity index (χ2v) is 6.63. The Kier molecular flexibility index (Phi) is 8.01. The number of ether oxygens (including phenoxy) is 2. The molecule has 0 bridgehead atoms. The molecule has 1 N–H and O–H groups in total. The number of hydrogen-bond donors (Lipinski definition) is 1. The molecular weight excluding hydrogens is 214 g/mol. The fourth-order valence-electron chi connectivity index (χ4n) is 1.24. The van der Waals surface area contributed by atoms with Crippen molar-refractivity contribution in [1.82, 2.24) is 5.32 Å². The van der Waals surface area contributed by atoms with E-state index in [2.05, 4.69) is 46.9 Å². The van der Waals surface area contributed by atoms with Crippen LogP contribution in [-0.4, -0.2) is 38.5 Å². The van der Waals surface area contributed by atoms with Gasteiger partial charge in [0.05, 0.1) is 25.4 Å². The lowest BCUT2D eigenvalue weighted by molar-refractivity contribution is -0.0343. The predicted molar refractivity (Wildman–Crippen MR) is 73.5 cm³/mol. The highest BCUT2D eigenvalue weighted by Crippen LogP contribution is 2.16. The summed E-state index contributed by atoms with van der Waals surface area (Å²) in [6.45, 7) is 17.0. The zero-order valence-corrected chi connectivity index (χ0v) is 12.6. The van der Waals surface area contributed by atoms with Crippen molar-refractivity contribution >= 4 is 0 Å². The molecule has 0 aliphatic heterocycles. The van der Waals surface area contributed by atoms with Gasteiger partial charge in [-0.15, -0.1) is 0 Å². The molecule has 17 heavy (non-hydrogen) atoms. The number of rotatable bonds is 8. The van der Waals surface area contributed by atoms with Gasteiger partial charge in [0.2, 0.25) is 0 Å². The van der Waals surface area contributed by atoms with Gasteiger partial charge in [-0.25, -0.2) is 0 Å². The Morgan fingerprint density at radius 2 is 1.47 bits per heavy atom. The highest BCUT2D eigenvalue weighted by molar-refractivity contribution is 4.62. The largest absolute Gasteiger partial charge is 0.378 e. The lowest BCUT2D eigenvalue weighted by Gasteiger charge is -2.19. The SMILES string of the molecule is CC(C)(C)CCNCCOCCOC(C)(C)C. The minimum Gasteiger partial charge on any atom is -0.378 e. The van der Waals surface area contributed by atoms with Gasteiger partial charge in [0.25, 0.3) is 0 Å². The molecule has 104 valence electrons. The summed E-state index contributed by atoms with van der Waals surface area (Å²) in [5.41, 5.74) is 0.350. The van der Waals surface area contributed by atoms with Crippen molar-refractivity contribution in [1.29, 1.82) is 0 Å². The fourth-order valence-corrected chi connectivity index (χ4v) is 1.24. The molecular formula is C14H31NO2. The van der Waals surface area contributed by atoms with Gasteiger partial charge in [0.15, 0.2) is 0 Å². The smallest absolute Gasteiger partial charge is 0.0707 e. The van der Waals surface area contributed by atoms with Gasteiger partial charge in [0, 0.05) is 6.54 Å². The van der Waals surface area contributed by atoms with Crippen molar-refractivity contribution in [3.63, 3.8) is 0 Å². The first-order valence-electron chi connectivity index (χ1n) is 6.63. The van der Waals surface area contributed by atoms with Crippen LogP contribution in [0.5, 0.6) is 0 Å². The molecule has 0 spiro atoms. The fraction of sp³-hybridized carbons (Fsp3) is 1.00. The summed E-state index contributed by atoms with van der Waals surface area (Å²) in [5, 5.41) is 3.38. The molecule has 0 saturated heterocycles. The third kappa shape index (κ3) is 15.9. The van der Waals surface area contributed by atoms with Crippen LogP contribution in [0.4, 0.5) is 0 Å². The third-order valence-corrected chi connectivity index (χ3v) is 2.24. The monoisotopic (exact) mass is 245 g/mol. The molecule has 0 aromatic heterocycles. The van der Waals surface area contributed by atoms with E-state index in [-0.39, 0.29) is 5.60 Å². The average molecular weight is 245 g/mol. The van der Waals surface area contributed by atoms with Crippen LogP contribution >= 0.6 is 0 Å². The van der Waals surface area contributed by atoms with Gasteiger partial charge in [-0.05, 0) is 39.2 Å². The van der Waals surface area contributed by atoms with Crippen LogP contribution in [0.2, 0.25) is 0 Å². The molecule has 0 radical (unpaired) electrons. The molecule has 0 aliphatic rings. The van der Waals surface area contributed by atoms with Crippen molar-refractivity contribution in [3.8, 4) is 0 Å². The van der Waals surface area contributed by atoms with Crippen LogP contribution in [0.1, 0.15) is 48.0 Å². The highest BCUT2D eigenvalue weighted by Gasteiger charge is 2.09. The Morgan fingerprint density at radius 3 is 2.00 bits per heavy atom. The maximum Gasteiger partial charge on any atom is 0.0707 e. The standard InChI is InChI=1S/C14H31NO2/c1-13(2,3)7-8-15-9-10-16-11-12-17-14(4,5)6/h15H,7-12H2,1-6H3. The molecule has 3 heteroatoms. The van der Waals surface area contributed by atoms with Crippen LogP contribution in [-0.2, 0) is 9.47 Å². The number of nitrogens with one attached hydrogen (secondary N) is 1. The highest BCUT2D eigenvalue weighted by atomic mass is 16.5. The molecule has 0 amide bonds. The second kappa shape index (κ2) is 8.06. The first-order chi connectivity index (χ1) is 7.71. The molecule has 0 aromatic carbocycles. The second-order valence-electron chi connectivity index (χ2n) is 6.63. The van der Waals surface area contributed by atoms with E-state index < -0.39 is 0 Å². The van der Waals surface area contributed by atoms with Gasteiger partial charge in [-0.3, -0.25) is 0 Å². The summed E-state index contributed by atoms with van der Waals surface area (Å²) in [7, 11) is 0. The molecule has 0 unspecified atom stereocenters. The summed E-state index contributed by atoms with van der Waals surface area (Å²) in [5.74, 6) is 0. The molecule has 0 atom stereocenters. The molecule has 0 fully saturated rings. The lowest BCUT2D eigenvalue weighted by atomic mass is 9.92. The Morgan fingerprint density at radius 1 is 0.824 bits per heavy atom. The average Bonchev–Trinajstić information content (AvgIpc) is 2.11. The van der Waals surface area contributed by atoms with Crippen LogP contribution in [0.25, 0.3) is 0 Å². The van der Waals surface area contributed by atoms with Crippen LogP contribution < -0.4 is 5.32 Å².